The van der Waals surface area contributed by atoms with Crippen LogP contribution < -0.4 is 4.74 Å². The number of benzene rings is 2. The predicted molar refractivity (Wildman–Crippen MR) is 87.9 cm³/mol. The lowest BCUT2D eigenvalue weighted by Crippen LogP contribution is -2.28. The molecule has 118 valence electrons. The van der Waals surface area contributed by atoms with Crippen molar-refractivity contribution in [1.82, 2.24) is 4.90 Å². The van der Waals surface area contributed by atoms with Crippen molar-refractivity contribution in [3.63, 3.8) is 0 Å². The van der Waals surface area contributed by atoms with E-state index >= 15 is 0 Å². The number of rotatable bonds is 4. The molecule has 4 nitrogen and oxygen atoms in total. The molecule has 1 aliphatic rings. The minimum absolute atomic E-state index is 0.392. The van der Waals surface area contributed by atoms with Crippen molar-refractivity contribution < 1.29 is 9.84 Å². The number of aliphatic hydroxyl groups excluding tert-OH is 1. The van der Waals surface area contributed by atoms with Gasteiger partial charge in [-0.05, 0) is 29.7 Å². The maximum atomic E-state index is 10.2. The number of para-hydroxylation sites is 1. The highest BCUT2D eigenvalue weighted by Crippen LogP contribution is 2.26. The first kappa shape index (κ1) is 15.5. The van der Waals surface area contributed by atoms with Gasteiger partial charge in [0, 0.05) is 19.6 Å². The molecule has 1 heterocycles. The standard InChI is InChI=1S/C19H20N2O2/c20-13-15-5-2-4-8-19(15)23-12-11-21-10-9-18(22)17-7-3-1-6-16(17)14-21/h1-8,18,22H,9-12,14H2. The first-order valence-corrected chi connectivity index (χ1v) is 7.88. The number of fused-ring (bicyclic) bond motifs is 1. The molecule has 1 N–H and O–H groups in total. The summed E-state index contributed by atoms with van der Waals surface area (Å²) in [5, 5.41) is 19.3. The number of aliphatic hydroxyl groups is 1. The lowest BCUT2D eigenvalue weighted by molar-refractivity contribution is 0.143. The van der Waals surface area contributed by atoms with Gasteiger partial charge in [0.15, 0.2) is 0 Å². The zero-order valence-electron chi connectivity index (χ0n) is 13.0. The van der Waals surface area contributed by atoms with Crippen LogP contribution in [0.1, 0.15) is 29.2 Å². The second-order valence-corrected chi connectivity index (χ2v) is 5.74. The Balaban J connectivity index is 1.60. The molecular weight excluding hydrogens is 288 g/mol. The second kappa shape index (κ2) is 7.28. The maximum absolute atomic E-state index is 10.2. The Morgan fingerprint density at radius 2 is 1.96 bits per heavy atom. The fourth-order valence-electron chi connectivity index (χ4n) is 2.94. The lowest BCUT2D eigenvalue weighted by atomic mass is 10.0. The van der Waals surface area contributed by atoms with Crippen molar-refractivity contribution in [3.8, 4) is 11.8 Å². The molecule has 1 unspecified atom stereocenters. The molecule has 0 fully saturated rings. The Hall–Kier alpha value is -2.35. The Morgan fingerprint density at radius 1 is 1.17 bits per heavy atom. The quantitative estimate of drug-likeness (QED) is 0.943. The van der Waals surface area contributed by atoms with E-state index in [0.29, 0.717) is 17.9 Å². The van der Waals surface area contributed by atoms with Gasteiger partial charge in [0.1, 0.15) is 18.4 Å². The van der Waals surface area contributed by atoms with Gasteiger partial charge in [0.25, 0.3) is 0 Å². The summed E-state index contributed by atoms with van der Waals surface area (Å²) in [6.07, 6.45) is 0.336. The van der Waals surface area contributed by atoms with Crippen LogP contribution >= 0.6 is 0 Å². The van der Waals surface area contributed by atoms with Crippen LogP contribution in [0, 0.1) is 11.3 Å². The van der Waals surface area contributed by atoms with Crippen molar-refractivity contribution in [1.29, 1.82) is 5.26 Å². The molecule has 2 aromatic carbocycles. The molecule has 1 atom stereocenters. The van der Waals surface area contributed by atoms with Crippen LogP contribution in [-0.4, -0.2) is 29.7 Å². The van der Waals surface area contributed by atoms with Crippen molar-refractivity contribution in [3.05, 3.63) is 65.2 Å². The van der Waals surface area contributed by atoms with Crippen LogP contribution in [0.2, 0.25) is 0 Å². The summed E-state index contributed by atoms with van der Waals surface area (Å²) in [6.45, 7) is 2.94. The summed E-state index contributed by atoms with van der Waals surface area (Å²) < 4.78 is 5.76. The molecule has 0 radical (unpaired) electrons. The summed E-state index contributed by atoms with van der Waals surface area (Å²) in [5.74, 6) is 0.630. The third-order valence-corrected chi connectivity index (χ3v) is 4.20. The van der Waals surface area contributed by atoms with Gasteiger partial charge in [0.2, 0.25) is 0 Å². The molecule has 0 saturated heterocycles. The molecule has 4 heteroatoms. The number of hydrogen-bond donors (Lipinski definition) is 1. The van der Waals surface area contributed by atoms with Gasteiger partial charge in [-0.2, -0.15) is 5.26 Å². The largest absolute Gasteiger partial charge is 0.491 e. The Kier molecular flexibility index (Phi) is 4.92. The molecule has 0 spiro atoms. The third kappa shape index (κ3) is 3.70. The summed E-state index contributed by atoms with van der Waals surface area (Å²) in [5.41, 5.74) is 2.77. The van der Waals surface area contributed by atoms with Crippen molar-refractivity contribution in [2.45, 2.75) is 19.1 Å². The molecule has 0 aliphatic carbocycles. The van der Waals surface area contributed by atoms with E-state index in [2.05, 4.69) is 17.0 Å². The molecule has 0 aromatic heterocycles. The number of nitriles is 1. The van der Waals surface area contributed by atoms with E-state index < -0.39 is 6.10 Å². The molecule has 3 rings (SSSR count). The maximum Gasteiger partial charge on any atom is 0.137 e. The topological polar surface area (TPSA) is 56.5 Å². The molecular formula is C19H20N2O2. The van der Waals surface area contributed by atoms with E-state index in [9.17, 15) is 5.11 Å². The van der Waals surface area contributed by atoms with Gasteiger partial charge in [-0.3, -0.25) is 4.90 Å². The Labute approximate surface area is 136 Å². The minimum Gasteiger partial charge on any atom is -0.491 e. The van der Waals surface area contributed by atoms with Crippen LogP contribution in [0.25, 0.3) is 0 Å². The normalized spacial score (nSPS) is 17.8. The van der Waals surface area contributed by atoms with Crippen molar-refractivity contribution in [2.24, 2.45) is 0 Å². The fraction of sp³-hybridized carbons (Fsp3) is 0.316. The van der Waals surface area contributed by atoms with Gasteiger partial charge in [-0.15, -0.1) is 0 Å². The average Bonchev–Trinajstić information content (AvgIpc) is 2.75. The number of ether oxygens (including phenoxy) is 1. The van der Waals surface area contributed by atoms with Crippen LogP contribution in [-0.2, 0) is 6.54 Å². The summed E-state index contributed by atoms with van der Waals surface area (Å²) in [7, 11) is 0. The minimum atomic E-state index is -0.392. The number of hydrogen-bond acceptors (Lipinski definition) is 4. The lowest BCUT2D eigenvalue weighted by Gasteiger charge is -2.20. The number of nitrogens with zero attached hydrogens (tertiary/aromatic N) is 2. The van der Waals surface area contributed by atoms with Gasteiger partial charge in [0.05, 0.1) is 11.7 Å². The third-order valence-electron chi connectivity index (χ3n) is 4.20. The van der Waals surface area contributed by atoms with Gasteiger partial charge < -0.3 is 9.84 Å². The molecule has 0 amide bonds. The summed E-state index contributed by atoms with van der Waals surface area (Å²) in [6, 6.07) is 17.5. The van der Waals surface area contributed by atoms with E-state index in [1.807, 2.05) is 36.4 Å². The van der Waals surface area contributed by atoms with E-state index in [4.69, 9.17) is 10.00 Å². The SMILES string of the molecule is N#Cc1ccccc1OCCN1CCC(O)c2ccccc2C1. The van der Waals surface area contributed by atoms with Crippen LogP contribution in [0.5, 0.6) is 5.75 Å². The van der Waals surface area contributed by atoms with Gasteiger partial charge in [-0.1, -0.05) is 36.4 Å². The van der Waals surface area contributed by atoms with Crippen molar-refractivity contribution >= 4 is 0 Å². The zero-order valence-corrected chi connectivity index (χ0v) is 13.0. The Bertz CT molecular complexity index is 709. The Morgan fingerprint density at radius 3 is 2.83 bits per heavy atom. The fourth-order valence-corrected chi connectivity index (χ4v) is 2.94. The summed E-state index contributed by atoms with van der Waals surface area (Å²) in [4.78, 5) is 2.28. The monoisotopic (exact) mass is 308 g/mol. The van der Waals surface area contributed by atoms with Crippen molar-refractivity contribution in [2.75, 3.05) is 19.7 Å². The molecule has 2 aromatic rings. The average molecular weight is 308 g/mol. The van der Waals surface area contributed by atoms with E-state index in [1.54, 1.807) is 6.07 Å². The van der Waals surface area contributed by atoms with E-state index in [-0.39, 0.29) is 0 Å². The highest BCUT2D eigenvalue weighted by molar-refractivity contribution is 5.42. The highest BCUT2D eigenvalue weighted by Gasteiger charge is 2.20. The molecule has 23 heavy (non-hydrogen) atoms. The molecule has 1 aliphatic heterocycles. The molecule has 0 bridgehead atoms. The highest BCUT2D eigenvalue weighted by atomic mass is 16.5. The van der Waals surface area contributed by atoms with Crippen LogP contribution in [0.4, 0.5) is 0 Å². The van der Waals surface area contributed by atoms with Gasteiger partial charge >= 0.3 is 0 Å². The van der Waals surface area contributed by atoms with E-state index in [0.717, 1.165) is 31.6 Å². The summed E-state index contributed by atoms with van der Waals surface area (Å²) >= 11 is 0. The van der Waals surface area contributed by atoms with Crippen LogP contribution in [0.15, 0.2) is 48.5 Å². The first-order chi connectivity index (χ1) is 11.3. The zero-order chi connectivity index (χ0) is 16.1. The first-order valence-electron chi connectivity index (χ1n) is 7.88. The predicted octanol–water partition coefficient (Wildman–Crippen LogP) is 2.88. The molecule has 0 saturated carbocycles. The smallest absolute Gasteiger partial charge is 0.137 e. The van der Waals surface area contributed by atoms with Gasteiger partial charge in [-0.25, -0.2) is 0 Å². The van der Waals surface area contributed by atoms with Crippen LogP contribution in [0.3, 0.4) is 0 Å². The van der Waals surface area contributed by atoms with E-state index in [1.165, 1.54) is 5.56 Å². The second-order valence-electron chi connectivity index (χ2n) is 5.74.